The Kier molecular flexibility index (Phi) is 4.40. The van der Waals surface area contributed by atoms with Gasteiger partial charge in [0.15, 0.2) is 23.7 Å². The lowest BCUT2D eigenvalue weighted by atomic mass is 9.96. The number of aromatic amines is 1. The SMILES string of the molecule is CCc1ocnc1C(=O)N1CCO[C@@H](c2nc(C(C)(C)C)n[nH]2)C1. The summed E-state index contributed by atoms with van der Waals surface area (Å²) in [5.41, 5.74) is 0.237. The summed E-state index contributed by atoms with van der Waals surface area (Å²) in [7, 11) is 0. The van der Waals surface area contributed by atoms with E-state index in [1.807, 2.05) is 27.7 Å². The Morgan fingerprint density at radius 1 is 1.46 bits per heavy atom. The number of aromatic nitrogens is 4. The Hall–Kier alpha value is -2.22. The lowest BCUT2D eigenvalue weighted by Crippen LogP contribution is -2.43. The first kappa shape index (κ1) is 16.6. The Morgan fingerprint density at radius 3 is 2.92 bits per heavy atom. The molecule has 24 heavy (non-hydrogen) atoms. The first-order valence-corrected chi connectivity index (χ1v) is 8.16. The van der Waals surface area contributed by atoms with Crippen LogP contribution in [-0.2, 0) is 16.6 Å². The number of hydrogen-bond acceptors (Lipinski definition) is 6. The first-order chi connectivity index (χ1) is 11.4. The smallest absolute Gasteiger partial charge is 0.276 e. The summed E-state index contributed by atoms with van der Waals surface area (Å²) in [5, 5.41) is 7.20. The van der Waals surface area contributed by atoms with E-state index >= 15 is 0 Å². The second-order valence-electron chi connectivity index (χ2n) is 6.88. The summed E-state index contributed by atoms with van der Waals surface area (Å²) in [6, 6.07) is 0. The maximum Gasteiger partial charge on any atom is 0.276 e. The van der Waals surface area contributed by atoms with Gasteiger partial charge in [-0.05, 0) is 0 Å². The van der Waals surface area contributed by atoms with Crippen molar-refractivity contribution >= 4 is 5.91 Å². The average Bonchev–Trinajstić information content (AvgIpc) is 3.22. The number of nitrogens with one attached hydrogen (secondary N) is 1. The van der Waals surface area contributed by atoms with Gasteiger partial charge in [0.05, 0.1) is 13.2 Å². The second kappa shape index (κ2) is 6.35. The van der Waals surface area contributed by atoms with E-state index in [1.165, 1.54) is 6.39 Å². The third-order valence-electron chi connectivity index (χ3n) is 4.00. The summed E-state index contributed by atoms with van der Waals surface area (Å²) in [6.45, 7) is 9.46. The number of ether oxygens (including phenoxy) is 1. The number of H-pyrrole nitrogens is 1. The molecule has 0 radical (unpaired) electrons. The van der Waals surface area contributed by atoms with Crippen LogP contribution in [0.3, 0.4) is 0 Å². The number of aryl methyl sites for hydroxylation is 1. The highest BCUT2D eigenvalue weighted by Crippen LogP contribution is 2.24. The predicted octanol–water partition coefficient (Wildman–Crippen LogP) is 1.87. The molecule has 0 spiro atoms. The molecule has 0 aromatic carbocycles. The van der Waals surface area contributed by atoms with Crippen molar-refractivity contribution in [3.63, 3.8) is 0 Å². The van der Waals surface area contributed by atoms with Gasteiger partial charge in [0, 0.05) is 18.4 Å². The van der Waals surface area contributed by atoms with Crippen LogP contribution in [0.15, 0.2) is 10.8 Å². The third kappa shape index (κ3) is 3.19. The van der Waals surface area contributed by atoms with Crippen LogP contribution >= 0.6 is 0 Å². The lowest BCUT2D eigenvalue weighted by molar-refractivity contribution is -0.0269. The molecule has 8 heteroatoms. The van der Waals surface area contributed by atoms with Crippen molar-refractivity contribution in [2.45, 2.75) is 45.6 Å². The number of hydrogen-bond donors (Lipinski definition) is 1. The fraction of sp³-hybridized carbons (Fsp3) is 0.625. The van der Waals surface area contributed by atoms with Crippen molar-refractivity contribution in [3.05, 3.63) is 29.5 Å². The zero-order chi connectivity index (χ0) is 17.3. The van der Waals surface area contributed by atoms with Crippen molar-refractivity contribution in [1.29, 1.82) is 0 Å². The molecular weight excluding hydrogens is 310 g/mol. The van der Waals surface area contributed by atoms with Crippen LogP contribution in [0.5, 0.6) is 0 Å². The van der Waals surface area contributed by atoms with E-state index < -0.39 is 0 Å². The number of amides is 1. The fourth-order valence-electron chi connectivity index (χ4n) is 2.60. The quantitative estimate of drug-likeness (QED) is 0.921. The molecule has 1 saturated heterocycles. The minimum Gasteiger partial charge on any atom is -0.448 e. The highest BCUT2D eigenvalue weighted by Gasteiger charge is 2.31. The van der Waals surface area contributed by atoms with Gasteiger partial charge in [-0.2, -0.15) is 5.10 Å². The Labute approximate surface area is 140 Å². The molecule has 2 aromatic rings. The van der Waals surface area contributed by atoms with Crippen molar-refractivity contribution in [3.8, 4) is 0 Å². The van der Waals surface area contributed by atoms with Gasteiger partial charge in [-0.1, -0.05) is 27.7 Å². The van der Waals surface area contributed by atoms with Crippen LogP contribution in [0.1, 0.15) is 61.7 Å². The van der Waals surface area contributed by atoms with Crippen LogP contribution in [0.25, 0.3) is 0 Å². The highest BCUT2D eigenvalue weighted by atomic mass is 16.5. The van der Waals surface area contributed by atoms with Gasteiger partial charge < -0.3 is 14.1 Å². The van der Waals surface area contributed by atoms with Gasteiger partial charge in [0.2, 0.25) is 0 Å². The summed E-state index contributed by atoms with van der Waals surface area (Å²) in [4.78, 5) is 23.0. The van der Waals surface area contributed by atoms with Gasteiger partial charge in [-0.3, -0.25) is 9.89 Å². The molecule has 3 heterocycles. The van der Waals surface area contributed by atoms with E-state index in [9.17, 15) is 4.79 Å². The van der Waals surface area contributed by atoms with Crippen LogP contribution in [0.4, 0.5) is 0 Å². The topological polar surface area (TPSA) is 97.1 Å². The van der Waals surface area contributed by atoms with Crippen molar-refractivity contribution in [2.24, 2.45) is 0 Å². The average molecular weight is 333 g/mol. The molecule has 1 fully saturated rings. The monoisotopic (exact) mass is 333 g/mol. The Bertz CT molecular complexity index is 715. The van der Waals surface area contributed by atoms with E-state index in [-0.39, 0.29) is 17.4 Å². The molecule has 1 aliphatic heterocycles. The third-order valence-corrected chi connectivity index (χ3v) is 4.00. The molecule has 1 aliphatic rings. The van der Waals surface area contributed by atoms with E-state index in [2.05, 4.69) is 20.2 Å². The normalized spacial score (nSPS) is 18.8. The van der Waals surface area contributed by atoms with E-state index in [0.717, 1.165) is 5.82 Å². The highest BCUT2D eigenvalue weighted by molar-refractivity contribution is 5.93. The minimum absolute atomic E-state index is 0.135. The first-order valence-electron chi connectivity index (χ1n) is 8.16. The van der Waals surface area contributed by atoms with Crippen molar-refractivity contribution < 1.29 is 13.9 Å². The van der Waals surface area contributed by atoms with E-state index in [4.69, 9.17) is 9.15 Å². The molecule has 3 rings (SSSR count). The number of carbonyl (C=O) groups is 1. The second-order valence-corrected chi connectivity index (χ2v) is 6.88. The van der Waals surface area contributed by atoms with Crippen LogP contribution in [-0.4, -0.2) is 50.7 Å². The number of carbonyl (C=O) groups excluding carboxylic acids is 1. The molecule has 2 aromatic heterocycles. The van der Waals surface area contributed by atoms with Crippen LogP contribution < -0.4 is 0 Å². The minimum atomic E-state index is -0.316. The van der Waals surface area contributed by atoms with E-state index in [1.54, 1.807) is 4.90 Å². The zero-order valence-electron chi connectivity index (χ0n) is 14.5. The van der Waals surface area contributed by atoms with Crippen LogP contribution in [0.2, 0.25) is 0 Å². The van der Waals surface area contributed by atoms with Crippen molar-refractivity contribution in [1.82, 2.24) is 25.1 Å². The van der Waals surface area contributed by atoms with Gasteiger partial charge in [-0.25, -0.2) is 9.97 Å². The molecule has 1 N–H and O–H groups in total. The summed E-state index contributed by atoms with van der Waals surface area (Å²) < 4.78 is 11.0. The number of nitrogens with zero attached hydrogens (tertiary/aromatic N) is 4. The van der Waals surface area contributed by atoms with Gasteiger partial charge in [-0.15, -0.1) is 0 Å². The predicted molar refractivity (Wildman–Crippen MR) is 85.6 cm³/mol. The maximum atomic E-state index is 12.7. The molecule has 130 valence electrons. The zero-order valence-corrected chi connectivity index (χ0v) is 14.5. The molecule has 0 saturated carbocycles. The lowest BCUT2D eigenvalue weighted by Gasteiger charge is -2.31. The number of rotatable bonds is 3. The fourth-order valence-corrected chi connectivity index (χ4v) is 2.60. The van der Waals surface area contributed by atoms with Crippen molar-refractivity contribution in [2.75, 3.05) is 19.7 Å². The molecule has 0 aliphatic carbocycles. The van der Waals surface area contributed by atoms with Gasteiger partial charge in [0.25, 0.3) is 5.91 Å². The Morgan fingerprint density at radius 2 is 2.25 bits per heavy atom. The molecule has 1 atom stereocenters. The summed E-state index contributed by atoms with van der Waals surface area (Å²) in [6.07, 6.45) is 1.63. The molecule has 0 bridgehead atoms. The maximum absolute atomic E-state index is 12.7. The molecule has 0 unspecified atom stereocenters. The van der Waals surface area contributed by atoms with Gasteiger partial charge in [0.1, 0.15) is 11.9 Å². The molecular formula is C16H23N5O3. The number of oxazole rings is 1. The molecule has 1 amide bonds. The Balaban J connectivity index is 1.75. The summed E-state index contributed by atoms with van der Waals surface area (Å²) in [5.74, 6) is 1.85. The summed E-state index contributed by atoms with van der Waals surface area (Å²) >= 11 is 0. The number of morpholine rings is 1. The van der Waals surface area contributed by atoms with E-state index in [0.29, 0.717) is 43.4 Å². The van der Waals surface area contributed by atoms with Gasteiger partial charge >= 0.3 is 0 Å². The van der Waals surface area contributed by atoms with Crippen LogP contribution in [0, 0.1) is 0 Å². The largest absolute Gasteiger partial charge is 0.448 e. The standard InChI is InChI=1S/C16H23N5O3/c1-5-10-12(17-9-24-10)14(22)21-6-7-23-11(8-21)13-18-15(20-19-13)16(2,3)4/h9,11H,5-8H2,1-4H3,(H,18,19,20)/t11-/m1/s1. The molecule has 8 nitrogen and oxygen atoms in total.